The zero-order valence-electron chi connectivity index (χ0n) is 13.5. The Morgan fingerprint density at radius 1 is 1.39 bits per heavy atom. The number of aromatic amines is 1. The van der Waals surface area contributed by atoms with Gasteiger partial charge in [0, 0.05) is 42.1 Å². The van der Waals surface area contributed by atoms with E-state index in [1.54, 1.807) is 18.2 Å². The molecule has 5 heteroatoms. The molecule has 1 atom stereocenters. The summed E-state index contributed by atoms with van der Waals surface area (Å²) in [7, 11) is 0. The summed E-state index contributed by atoms with van der Waals surface area (Å²) in [5.74, 6) is -0.342. The molecule has 23 heavy (non-hydrogen) atoms. The molecule has 1 fully saturated rings. The van der Waals surface area contributed by atoms with Gasteiger partial charge in [0.25, 0.3) is 5.56 Å². The molecule has 1 aromatic carbocycles. The van der Waals surface area contributed by atoms with E-state index >= 15 is 0 Å². The number of fused-ring (bicyclic) bond motifs is 1. The first-order chi connectivity index (χ1) is 11.2. The molecule has 2 heterocycles. The van der Waals surface area contributed by atoms with Crippen molar-refractivity contribution in [3.63, 3.8) is 0 Å². The van der Waals surface area contributed by atoms with Crippen molar-refractivity contribution in [1.82, 2.24) is 9.88 Å². The van der Waals surface area contributed by atoms with Gasteiger partial charge in [-0.25, -0.2) is 4.39 Å². The molecule has 1 N–H and O–H groups in total. The molecule has 0 spiro atoms. The van der Waals surface area contributed by atoms with E-state index < -0.39 is 0 Å². The van der Waals surface area contributed by atoms with Crippen molar-refractivity contribution < 1.29 is 9.13 Å². The number of nitrogens with one attached hydrogen (secondary N) is 1. The molecule has 0 radical (unpaired) electrons. The zero-order valence-corrected chi connectivity index (χ0v) is 13.5. The van der Waals surface area contributed by atoms with Crippen molar-refractivity contribution in [2.24, 2.45) is 0 Å². The van der Waals surface area contributed by atoms with Gasteiger partial charge < -0.3 is 9.72 Å². The van der Waals surface area contributed by atoms with Crippen LogP contribution >= 0.6 is 0 Å². The standard InChI is InChI=1S/C18H23FN2O2/c1-2-23-12-14-5-4-9-21(14)10-8-13-11-16-15(18(22)20-13)6-3-7-17(16)19/h3,6-7,11,14H,2,4-5,8-10,12H2,1H3,(H,20,22). The maximum absolute atomic E-state index is 13.9. The zero-order chi connectivity index (χ0) is 16.2. The third-order valence-electron chi connectivity index (χ3n) is 4.57. The number of aromatic nitrogens is 1. The van der Waals surface area contributed by atoms with Crippen molar-refractivity contribution in [2.75, 3.05) is 26.3 Å². The average molecular weight is 318 g/mol. The van der Waals surface area contributed by atoms with E-state index in [-0.39, 0.29) is 11.4 Å². The lowest BCUT2D eigenvalue weighted by molar-refractivity contribution is 0.0856. The molecule has 0 amide bonds. The van der Waals surface area contributed by atoms with Gasteiger partial charge >= 0.3 is 0 Å². The van der Waals surface area contributed by atoms with Gasteiger partial charge in [-0.2, -0.15) is 0 Å². The number of hydrogen-bond donors (Lipinski definition) is 1. The fourth-order valence-corrected chi connectivity index (χ4v) is 3.34. The highest BCUT2D eigenvalue weighted by molar-refractivity contribution is 5.82. The van der Waals surface area contributed by atoms with Crippen LogP contribution < -0.4 is 5.56 Å². The number of rotatable bonds is 6. The summed E-state index contributed by atoms with van der Waals surface area (Å²) in [6.07, 6.45) is 3.05. The monoisotopic (exact) mass is 318 g/mol. The highest BCUT2D eigenvalue weighted by Gasteiger charge is 2.24. The van der Waals surface area contributed by atoms with Crippen LogP contribution in [-0.4, -0.2) is 42.2 Å². The molecule has 0 aliphatic carbocycles. The summed E-state index contributed by atoms with van der Waals surface area (Å²) in [5, 5.41) is 0.808. The molecule has 1 unspecified atom stereocenters. The third-order valence-corrected chi connectivity index (χ3v) is 4.57. The Morgan fingerprint density at radius 3 is 3.09 bits per heavy atom. The quantitative estimate of drug-likeness (QED) is 0.891. The lowest BCUT2D eigenvalue weighted by atomic mass is 10.1. The normalized spacial score (nSPS) is 18.8. The molecule has 4 nitrogen and oxygen atoms in total. The van der Waals surface area contributed by atoms with Crippen molar-refractivity contribution >= 4 is 10.8 Å². The molecule has 2 aromatic rings. The fourth-order valence-electron chi connectivity index (χ4n) is 3.34. The molecule has 3 rings (SSSR count). The Kier molecular flexibility index (Phi) is 5.08. The van der Waals surface area contributed by atoms with Crippen LogP contribution in [0.4, 0.5) is 4.39 Å². The lowest BCUT2D eigenvalue weighted by Crippen LogP contribution is -2.35. The van der Waals surface area contributed by atoms with E-state index in [1.165, 1.54) is 12.5 Å². The molecular weight excluding hydrogens is 295 g/mol. The molecule has 1 aliphatic heterocycles. The number of H-pyrrole nitrogens is 1. The van der Waals surface area contributed by atoms with Crippen LogP contribution in [0, 0.1) is 5.82 Å². The van der Waals surface area contributed by atoms with E-state index in [4.69, 9.17) is 4.74 Å². The summed E-state index contributed by atoms with van der Waals surface area (Å²) in [6, 6.07) is 6.83. The smallest absolute Gasteiger partial charge is 0.256 e. The Hall–Kier alpha value is -1.72. The van der Waals surface area contributed by atoms with Crippen molar-refractivity contribution in [2.45, 2.75) is 32.2 Å². The number of pyridine rings is 1. The van der Waals surface area contributed by atoms with Crippen LogP contribution in [0.15, 0.2) is 29.1 Å². The number of hydrogen-bond acceptors (Lipinski definition) is 3. The summed E-state index contributed by atoms with van der Waals surface area (Å²) < 4.78 is 19.5. The topological polar surface area (TPSA) is 45.3 Å². The predicted octanol–water partition coefficient (Wildman–Crippen LogP) is 2.71. The van der Waals surface area contributed by atoms with Crippen LogP contribution in [0.1, 0.15) is 25.5 Å². The van der Waals surface area contributed by atoms with Gasteiger partial charge in [-0.05, 0) is 44.5 Å². The minimum Gasteiger partial charge on any atom is -0.380 e. The van der Waals surface area contributed by atoms with Gasteiger partial charge in [-0.3, -0.25) is 9.69 Å². The van der Waals surface area contributed by atoms with Gasteiger partial charge in [0.15, 0.2) is 0 Å². The first kappa shape index (κ1) is 16.1. The first-order valence-corrected chi connectivity index (χ1v) is 8.31. The van der Waals surface area contributed by atoms with Gasteiger partial charge in [0.2, 0.25) is 0 Å². The molecule has 124 valence electrons. The Balaban J connectivity index is 1.72. The van der Waals surface area contributed by atoms with Crippen molar-refractivity contribution in [1.29, 1.82) is 0 Å². The molecular formula is C18H23FN2O2. The highest BCUT2D eigenvalue weighted by Crippen LogP contribution is 2.19. The minimum atomic E-state index is -0.342. The van der Waals surface area contributed by atoms with Crippen molar-refractivity contribution in [3.05, 3.63) is 46.1 Å². The average Bonchev–Trinajstić information content (AvgIpc) is 2.99. The van der Waals surface area contributed by atoms with E-state index in [2.05, 4.69) is 9.88 Å². The fraction of sp³-hybridized carbons (Fsp3) is 0.500. The lowest BCUT2D eigenvalue weighted by Gasteiger charge is -2.24. The summed E-state index contributed by atoms with van der Waals surface area (Å²) in [5.41, 5.74) is 0.568. The van der Waals surface area contributed by atoms with Gasteiger partial charge in [-0.1, -0.05) is 6.07 Å². The third kappa shape index (κ3) is 3.62. The van der Waals surface area contributed by atoms with Crippen LogP contribution in [-0.2, 0) is 11.2 Å². The van der Waals surface area contributed by atoms with Gasteiger partial charge in [-0.15, -0.1) is 0 Å². The number of nitrogens with zero attached hydrogens (tertiary/aromatic N) is 1. The maximum Gasteiger partial charge on any atom is 0.256 e. The number of ether oxygens (including phenoxy) is 1. The predicted molar refractivity (Wildman–Crippen MR) is 89.3 cm³/mol. The Labute approximate surface area is 135 Å². The van der Waals surface area contributed by atoms with Gasteiger partial charge in [0.05, 0.1) is 6.61 Å². The second kappa shape index (κ2) is 7.23. The molecule has 1 aliphatic rings. The number of benzene rings is 1. The maximum atomic E-state index is 13.9. The number of halogens is 1. The molecule has 1 saturated heterocycles. The Bertz CT molecular complexity index is 729. The van der Waals surface area contributed by atoms with E-state index in [9.17, 15) is 9.18 Å². The van der Waals surface area contributed by atoms with Crippen LogP contribution in [0.25, 0.3) is 10.8 Å². The van der Waals surface area contributed by atoms with E-state index in [1.807, 2.05) is 6.92 Å². The molecule has 0 saturated carbocycles. The second-order valence-electron chi connectivity index (χ2n) is 6.07. The first-order valence-electron chi connectivity index (χ1n) is 8.31. The summed E-state index contributed by atoms with van der Waals surface area (Å²) >= 11 is 0. The highest BCUT2D eigenvalue weighted by atomic mass is 19.1. The summed E-state index contributed by atoms with van der Waals surface area (Å²) in [4.78, 5) is 17.4. The SMILES string of the molecule is CCOCC1CCCN1CCc1cc2c(F)cccc2c(=O)[nH]1. The largest absolute Gasteiger partial charge is 0.380 e. The van der Waals surface area contributed by atoms with Crippen LogP contribution in [0.2, 0.25) is 0 Å². The van der Waals surface area contributed by atoms with E-state index in [0.717, 1.165) is 38.4 Å². The molecule has 0 bridgehead atoms. The van der Waals surface area contributed by atoms with Crippen LogP contribution in [0.5, 0.6) is 0 Å². The molecule has 1 aromatic heterocycles. The Morgan fingerprint density at radius 2 is 2.26 bits per heavy atom. The van der Waals surface area contributed by atoms with Crippen LogP contribution in [0.3, 0.4) is 0 Å². The summed E-state index contributed by atoms with van der Waals surface area (Å²) in [6.45, 7) is 5.42. The van der Waals surface area contributed by atoms with Gasteiger partial charge in [0.1, 0.15) is 5.82 Å². The van der Waals surface area contributed by atoms with Crippen molar-refractivity contribution in [3.8, 4) is 0 Å². The second-order valence-corrected chi connectivity index (χ2v) is 6.07. The van der Waals surface area contributed by atoms with E-state index in [0.29, 0.717) is 23.2 Å². The number of likely N-dealkylation sites (tertiary alicyclic amines) is 1. The minimum absolute atomic E-state index is 0.218.